The zero-order chi connectivity index (χ0) is 2.00. The van der Waals surface area contributed by atoms with Gasteiger partial charge < -0.3 is 1.43 Å². The monoisotopic (exact) mass is 157 g/mol. The van der Waals surface area contributed by atoms with E-state index in [0.29, 0.717) is 0 Å². The molecule has 4 heavy (non-hydrogen) atoms. The van der Waals surface area contributed by atoms with Crippen molar-refractivity contribution in [2.24, 2.45) is 0 Å². The van der Waals surface area contributed by atoms with E-state index in [1.165, 1.54) is 0 Å². The molecule has 0 atom stereocenters. The Kier molecular flexibility index (Phi) is 90.4. The first-order chi connectivity index (χ1) is 1.00. The molecule has 0 aliphatic heterocycles. The zero-order valence-electron chi connectivity index (χ0n) is 3.06. The second-order valence-corrected chi connectivity index (χ2v) is 0. The minimum absolute atomic E-state index is 0. The third-order valence-corrected chi connectivity index (χ3v) is 0. The van der Waals surface area contributed by atoms with Gasteiger partial charge in [-0.2, -0.15) is 0 Å². The number of hydrogen-bond donors (Lipinski definition) is 0. The first kappa shape index (κ1) is 17.0. The Bertz CT molecular complexity index is 11.6. The Morgan fingerprint density at radius 3 is 1.50 bits per heavy atom. The van der Waals surface area contributed by atoms with E-state index in [1.54, 1.807) is 0 Å². The Hall–Kier alpha value is 1.82. The summed E-state index contributed by atoms with van der Waals surface area (Å²) in [4.78, 5) is 0. The van der Waals surface area contributed by atoms with Crippen LogP contribution in [0, 0.1) is 0 Å². The van der Waals surface area contributed by atoms with Crippen molar-refractivity contribution in [2.75, 3.05) is 0 Å². The molecule has 0 aromatic heterocycles. The van der Waals surface area contributed by atoms with Crippen molar-refractivity contribution in [3.8, 4) is 0 Å². The fourth-order valence-electron chi connectivity index (χ4n) is 0. The van der Waals surface area contributed by atoms with Gasteiger partial charge in [0.05, 0.1) is 0 Å². The van der Waals surface area contributed by atoms with E-state index in [2.05, 4.69) is 24.7 Å². The standard InChI is InChI=1S/Co.Li.Ni.S.H/q;+1;;;-1. The van der Waals surface area contributed by atoms with Gasteiger partial charge in [0.2, 0.25) is 0 Å². The van der Waals surface area contributed by atoms with E-state index in [4.69, 9.17) is 0 Å². The van der Waals surface area contributed by atoms with Crippen molar-refractivity contribution in [3.05, 3.63) is 0 Å². The second kappa shape index (κ2) is 21.3. The van der Waals surface area contributed by atoms with Crippen LogP contribution in [0.3, 0.4) is 0 Å². The van der Waals surface area contributed by atoms with E-state index in [9.17, 15) is 0 Å². The molecule has 0 N–H and O–H groups in total. The molecular formula is HCoLiNiS. The maximum atomic E-state index is 3.77. The maximum absolute atomic E-state index is 3.77. The zero-order valence-corrected chi connectivity index (χ0v) is 4.90. The van der Waals surface area contributed by atoms with Gasteiger partial charge in [-0.15, -0.1) is 0 Å². The van der Waals surface area contributed by atoms with Crippen LogP contribution in [0.5, 0.6) is 0 Å². The van der Waals surface area contributed by atoms with Crippen LogP contribution in [0.2, 0.25) is 0 Å². The Morgan fingerprint density at radius 1 is 1.50 bits per heavy atom. The van der Waals surface area contributed by atoms with E-state index < -0.39 is 0 Å². The van der Waals surface area contributed by atoms with E-state index in [-0.39, 0.29) is 36.8 Å². The molecule has 0 aliphatic rings. The summed E-state index contributed by atoms with van der Waals surface area (Å²) in [7, 11) is 3.77. The number of hydrogen-bond acceptors (Lipinski definition) is 1. The van der Waals surface area contributed by atoms with Crippen LogP contribution in [0.25, 0.3) is 0 Å². The third-order valence-electron chi connectivity index (χ3n) is 0. The average molecular weight is 158 g/mol. The predicted octanol–water partition coefficient (Wildman–Crippen LogP) is -2.24. The minimum atomic E-state index is 0. The Morgan fingerprint density at radius 2 is 1.50 bits per heavy atom. The summed E-state index contributed by atoms with van der Waals surface area (Å²) in [5.74, 6) is 0. The fraction of sp³-hybridized carbons (Fsp3) is 0. The fourth-order valence-corrected chi connectivity index (χ4v) is 0. The van der Waals surface area contributed by atoms with Crippen LogP contribution in [0.1, 0.15) is 1.43 Å². The van der Waals surface area contributed by atoms with Crippen molar-refractivity contribution < 1.29 is 50.9 Å². The van der Waals surface area contributed by atoms with Crippen molar-refractivity contribution in [2.45, 2.75) is 0 Å². The first-order valence-corrected chi connectivity index (χ1v) is 1.68. The van der Waals surface area contributed by atoms with Gasteiger partial charge in [0.15, 0.2) is 0 Å². The summed E-state index contributed by atoms with van der Waals surface area (Å²) in [6.45, 7) is 0. The Balaban J connectivity index is -0.00000000167. The van der Waals surface area contributed by atoms with E-state index in [0.717, 1.165) is 0 Å². The van der Waals surface area contributed by atoms with Crippen LogP contribution in [-0.2, 0) is 30.6 Å². The normalized spacial score (nSPS) is 1.25. The van der Waals surface area contributed by atoms with Crippen molar-refractivity contribution in [3.63, 3.8) is 0 Å². The van der Waals surface area contributed by atoms with Gasteiger partial charge in [0.1, 0.15) is 0 Å². The summed E-state index contributed by atoms with van der Waals surface area (Å²) in [5, 5.41) is 0. The molecule has 0 saturated heterocycles. The molecule has 0 heterocycles. The second-order valence-electron chi connectivity index (χ2n) is 0. The van der Waals surface area contributed by atoms with Gasteiger partial charge >= 0.3 is 43.6 Å². The number of rotatable bonds is 0. The topological polar surface area (TPSA) is 0 Å². The summed E-state index contributed by atoms with van der Waals surface area (Å²) in [5.41, 5.74) is 0. The van der Waals surface area contributed by atoms with Crippen LogP contribution in [-0.4, -0.2) is 0 Å². The van der Waals surface area contributed by atoms with Gasteiger partial charge in [-0.25, -0.2) is 0 Å². The quantitative estimate of drug-likeness (QED) is 0.359. The summed E-state index contributed by atoms with van der Waals surface area (Å²) < 4.78 is 0. The SMILES string of the molecule is [H-].[Li+].[Ni].[S]=[Co]. The molecule has 0 nitrogen and oxygen atoms in total. The summed E-state index contributed by atoms with van der Waals surface area (Å²) in [6.07, 6.45) is 0. The van der Waals surface area contributed by atoms with Crippen molar-refractivity contribution in [1.29, 1.82) is 0 Å². The van der Waals surface area contributed by atoms with Gasteiger partial charge in [-0.05, 0) is 0 Å². The van der Waals surface area contributed by atoms with Crippen molar-refractivity contribution in [1.82, 2.24) is 0 Å². The molecule has 0 aliphatic carbocycles. The Labute approximate surface area is 61.2 Å². The van der Waals surface area contributed by atoms with Gasteiger partial charge in [-0.1, -0.05) is 0 Å². The molecule has 27 valence electrons. The summed E-state index contributed by atoms with van der Waals surface area (Å²) >= 11 is 3.15. The molecule has 0 spiro atoms. The molecule has 4 heteroatoms. The molecule has 0 radical (unpaired) electrons. The van der Waals surface area contributed by atoms with Gasteiger partial charge in [-0.3, -0.25) is 0 Å². The van der Waals surface area contributed by atoms with Crippen molar-refractivity contribution >= 4 is 10.6 Å². The average Bonchev–Trinajstić information content (AvgIpc) is 1.00. The molecule has 0 amide bonds. The van der Waals surface area contributed by atoms with Crippen LogP contribution in [0.4, 0.5) is 0 Å². The molecule has 0 aromatic carbocycles. The van der Waals surface area contributed by atoms with Crippen LogP contribution < -0.4 is 18.9 Å². The molecule has 0 rings (SSSR count). The molecular weight excluding hydrogens is 157 g/mol. The predicted molar refractivity (Wildman–Crippen MR) is 8.70 cm³/mol. The van der Waals surface area contributed by atoms with Crippen LogP contribution in [0.15, 0.2) is 0 Å². The molecule has 0 bridgehead atoms. The summed E-state index contributed by atoms with van der Waals surface area (Å²) in [6, 6.07) is 0. The first-order valence-electron chi connectivity index (χ1n) is 0.136. The molecule has 0 saturated carbocycles. The third kappa shape index (κ3) is 9.17. The molecule has 0 aromatic rings. The van der Waals surface area contributed by atoms with Gasteiger partial charge in [0.25, 0.3) is 0 Å². The van der Waals surface area contributed by atoms with E-state index in [1.807, 2.05) is 0 Å². The van der Waals surface area contributed by atoms with Gasteiger partial charge in [0, 0.05) is 16.5 Å². The molecule has 0 fully saturated rings. The molecule has 0 unspecified atom stereocenters. The van der Waals surface area contributed by atoms with Crippen LogP contribution >= 0.6 is 10.6 Å². The van der Waals surface area contributed by atoms with E-state index >= 15 is 0 Å².